The number of nitrogens with zero attached hydrogens (tertiary/aromatic N) is 2. The topological polar surface area (TPSA) is 59.0 Å². The molecule has 1 aliphatic heterocycles. The average Bonchev–Trinajstić information content (AvgIpc) is 3.41. The van der Waals surface area contributed by atoms with Crippen molar-refractivity contribution in [2.45, 2.75) is 55.1 Å². The van der Waals surface area contributed by atoms with E-state index in [1.54, 1.807) is 6.20 Å². The predicted octanol–water partition coefficient (Wildman–Crippen LogP) is 4.20. The van der Waals surface area contributed by atoms with E-state index in [1.165, 1.54) is 31.2 Å². The maximum atomic E-state index is 13.3. The lowest BCUT2D eigenvalue weighted by molar-refractivity contribution is -0.126. The van der Waals surface area contributed by atoms with Gasteiger partial charge < -0.3 is 10.6 Å². The molecule has 2 aromatic rings. The molecular formula is C21H29ClN4OS. The number of carbonyl (C=O) groups excluding carboxylic acids is 1. The van der Waals surface area contributed by atoms with Crippen LogP contribution in [0.4, 0.5) is 5.69 Å². The number of rotatable bonds is 6. The molecule has 152 valence electrons. The number of hydrogen-bond acceptors (Lipinski definition) is 4. The van der Waals surface area contributed by atoms with Crippen LogP contribution in [-0.2, 0) is 16.1 Å². The van der Waals surface area contributed by atoms with Crippen LogP contribution in [0.2, 0.25) is 0 Å². The molecule has 7 heteroatoms. The highest BCUT2D eigenvalue weighted by atomic mass is 35.5. The van der Waals surface area contributed by atoms with Crippen LogP contribution in [0.15, 0.2) is 42.7 Å². The minimum Gasteiger partial charge on any atom is -0.324 e. The fraction of sp³-hybridized carbons (Fsp3) is 0.524. The van der Waals surface area contributed by atoms with Gasteiger partial charge in [0.1, 0.15) is 5.54 Å². The Bertz CT molecular complexity index is 756. The molecule has 1 saturated carbocycles. The summed E-state index contributed by atoms with van der Waals surface area (Å²) in [5.74, 6) is 1.05. The van der Waals surface area contributed by atoms with Gasteiger partial charge in [-0.3, -0.25) is 9.48 Å². The number of nitrogens with one attached hydrogen (secondary N) is 2. The number of hydrogen-bond donors (Lipinski definition) is 2. The second-order valence-corrected chi connectivity index (χ2v) is 8.89. The Morgan fingerprint density at radius 1 is 1.25 bits per heavy atom. The summed E-state index contributed by atoms with van der Waals surface area (Å²) in [7, 11) is 0. The van der Waals surface area contributed by atoms with Crippen LogP contribution in [0.5, 0.6) is 0 Å². The van der Waals surface area contributed by atoms with Crippen molar-refractivity contribution in [1.29, 1.82) is 0 Å². The number of anilines is 1. The van der Waals surface area contributed by atoms with Crippen LogP contribution >= 0.6 is 24.2 Å². The molecule has 1 aromatic heterocycles. The molecule has 0 bridgehead atoms. The van der Waals surface area contributed by atoms with Gasteiger partial charge in [0.25, 0.3) is 5.91 Å². The Kier molecular flexibility index (Phi) is 7.43. The second-order valence-electron chi connectivity index (χ2n) is 7.60. The van der Waals surface area contributed by atoms with Crippen LogP contribution in [0, 0.1) is 0 Å². The number of carbonyl (C=O) groups is 1. The fourth-order valence-corrected chi connectivity index (χ4v) is 5.45. The van der Waals surface area contributed by atoms with Gasteiger partial charge in [-0.1, -0.05) is 25.0 Å². The van der Waals surface area contributed by atoms with Crippen molar-refractivity contribution >= 4 is 35.8 Å². The van der Waals surface area contributed by atoms with Gasteiger partial charge in [0.2, 0.25) is 0 Å². The van der Waals surface area contributed by atoms with Gasteiger partial charge in [0.15, 0.2) is 0 Å². The molecular weight excluding hydrogens is 392 g/mol. The van der Waals surface area contributed by atoms with E-state index in [0.29, 0.717) is 0 Å². The van der Waals surface area contributed by atoms with Gasteiger partial charge in [-0.05, 0) is 62.5 Å². The highest BCUT2D eigenvalue weighted by molar-refractivity contribution is 7.99. The number of piperidine rings is 1. The van der Waals surface area contributed by atoms with Crippen molar-refractivity contribution in [2.75, 3.05) is 18.4 Å². The lowest BCUT2D eigenvalue weighted by Crippen LogP contribution is -2.52. The Morgan fingerprint density at radius 2 is 2.04 bits per heavy atom. The maximum Gasteiger partial charge on any atom is 0.252 e. The van der Waals surface area contributed by atoms with Gasteiger partial charge in [0.05, 0.1) is 0 Å². The summed E-state index contributed by atoms with van der Waals surface area (Å²) in [6.07, 6.45) is 10.6. The number of aromatic nitrogens is 2. The first-order chi connectivity index (χ1) is 13.3. The number of benzene rings is 1. The Balaban J connectivity index is 0.00000225. The van der Waals surface area contributed by atoms with Gasteiger partial charge in [-0.2, -0.15) is 16.9 Å². The molecule has 2 heterocycles. The van der Waals surface area contributed by atoms with Crippen molar-refractivity contribution < 1.29 is 4.79 Å². The summed E-state index contributed by atoms with van der Waals surface area (Å²) in [6.45, 7) is 1.65. The molecule has 2 aliphatic rings. The molecule has 0 radical (unpaired) electrons. The standard InChI is InChI=1S/C21H28N4OS.ClH/c26-20(21(9-12-22-13-10-21)25-14-4-11-23-25)24-18-6-3-5-17(15-18)16-27-19-7-1-2-8-19;/h3-6,11,14-15,19,22H,1-2,7-10,12-13,16H2,(H,24,26);1H. The van der Waals surface area contributed by atoms with E-state index >= 15 is 0 Å². The lowest BCUT2D eigenvalue weighted by atomic mass is 9.87. The minimum absolute atomic E-state index is 0. The molecule has 0 atom stereocenters. The van der Waals surface area contributed by atoms with Gasteiger partial charge >= 0.3 is 0 Å². The van der Waals surface area contributed by atoms with Crippen LogP contribution < -0.4 is 10.6 Å². The van der Waals surface area contributed by atoms with Crippen LogP contribution in [0.25, 0.3) is 0 Å². The molecule has 0 spiro atoms. The first kappa shape index (κ1) is 21.2. The predicted molar refractivity (Wildman–Crippen MR) is 118 cm³/mol. The van der Waals surface area contributed by atoms with Crippen molar-refractivity contribution in [1.82, 2.24) is 15.1 Å². The Labute approximate surface area is 177 Å². The maximum absolute atomic E-state index is 13.3. The molecule has 0 unspecified atom stereocenters. The van der Waals surface area contributed by atoms with E-state index in [1.807, 2.05) is 29.1 Å². The van der Waals surface area contributed by atoms with Crippen molar-refractivity contribution in [3.8, 4) is 0 Å². The fourth-order valence-electron chi connectivity index (χ4n) is 4.18. The molecule has 5 nitrogen and oxygen atoms in total. The zero-order valence-electron chi connectivity index (χ0n) is 16.1. The summed E-state index contributed by atoms with van der Waals surface area (Å²) in [5.41, 5.74) is 1.56. The molecule has 2 fully saturated rings. The SMILES string of the molecule is Cl.O=C(Nc1cccc(CSC2CCCC2)c1)C1(n2cccn2)CCNCC1. The highest BCUT2D eigenvalue weighted by Crippen LogP contribution is 2.32. The molecule has 1 saturated heterocycles. The van der Waals surface area contributed by atoms with Gasteiger partial charge in [-0.25, -0.2) is 0 Å². The van der Waals surface area contributed by atoms with E-state index in [2.05, 4.69) is 39.6 Å². The van der Waals surface area contributed by atoms with E-state index < -0.39 is 5.54 Å². The largest absolute Gasteiger partial charge is 0.324 e. The molecule has 1 aliphatic carbocycles. The van der Waals surface area contributed by atoms with E-state index in [9.17, 15) is 4.79 Å². The Hall–Kier alpha value is -1.50. The molecule has 1 aromatic carbocycles. The summed E-state index contributed by atoms with van der Waals surface area (Å²) >= 11 is 2.05. The number of amides is 1. The third-order valence-electron chi connectivity index (χ3n) is 5.77. The molecule has 1 amide bonds. The number of halogens is 1. The lowest BCUT2D eigenvalue weighted by Gasteiger charge is -2.36. The summed E-state index contributed by atoms with van der Waals surface area (Å²) in [6, 6.07) is 10.2. The minimum atomic E-state index is -0.608. The first-order valence-corrected chi connectivity index (χ1v) is 11.0. The van der Waals surface area contributed by atoms with E-state index in [4.69, 9.17) is 0 Å². The normalized spacial score (nSPS) is 19.1. The molecule has 2 N–H and O–H groups in total. The molecule has 4 rings (SSSR count). The smallest absolute Gasteiger partial charge is 0.252 e. The van der Waals surface area contributed by atoms with Gasteiger partial charge in [-0.15, -0.1) is 12.4 Å². The van der Waals surface area contributed by atoms with E-state index in [-0.39, 0.29) is 18.3 Å². The second kappa shape index (κ2) is 9.81. The summed E-state index contributed by atoms with van der Waals surface area (Å²) < 4.78 is 1.84. The number of thioether (sulfide) groups is 1. The van der Waals surface area contributed by atoms with Crippen molar-refractivity contribution in [2.24, 2.45) is 0 Å². The van der Waals surface area contributed by atoms with Crippen LogP contribution in [0.1, 0.15) is 44.1 Å². The first-order valence-electron chi connectivity index (χ1n) is 9.99. The quantitative estimate of drug-likeness (QED) is 0.735. The van der Waals surface area contributed by atoms with Crippen LogP contribution in [0.3, 0.4) is 0 Å². The summed E-state index contributed by atoms with van der Waals surface area (Å²) in [4.78, 5) is 13.3. The van der Waals surface area contributed by atoms with E-state index in [0.717, 1.165) is 42.6 Å². The Morgan fingerprint density at radius 3 is 2.75 bits per heavy atom. The zero-order chi connectivity index (χ0) is 18.5. The van der Waals surface area contributed by atoms with Crippen molar-refractivity contribution in [3.05, 3.63) is 48.3 Å². The third kappa shape index (κ3) is 4.73. The van der Waals surface area contributed by atoms with Crippen molar-refractivity contribution in [3.63, 3.8) is 0 Å². The zero-order valence-corrected chi connectivity index (χ0v) is 17.7. The molecule has 28 heavy (non-hydrogen) atoms. The third-order valence-corrected chi connectivity index (χ3v) is 7.21. The van der Waals surface area contributed by atoms with Crippen LogP contribution in [-0.4, -0.2) is 34.0 Å². The van der Waals surface area contributed by atoms with Gasteiger partial charge in [0, 0.05) is 29.1 Å². The monoisotopic (exact) mass is 420 g/mol. The average molecular weight is 421 g/mol. The summed E-state index contributed by atoms with van der Waals surface area (Å²) in [5, 5.41) is 11.7. The highest BCUT2D eigenvalue weighted by Gasteiger charge is 2.42.